The average Bonchev–Trinajstić information content (AvgIpc) is 2.43. The van der Waals surface area contributed by atoms with E-state index in [1.54, 1.807) is 6.07 Å². The fourth-order valence-corrected chi connectivity index (χ4v) is 1.79. The lowest BCUT2D eigenvalue weighted by molar-refractivity contribution is -0.139. The first-order chi connectivity index (χ1) is 9.60. The second-order valence-corrected chi connectivity index (χ2v) is 4.21. The van der Waals surface area contributed by atoms with Gasteiger partial charge in [0.2, 0.25) is 0 Å². The maximum Gasteiger partial charge on any atom is 0.325 e. The lowest BCUT2D eigenvalue weighted by Gasteiger charge is -2.16. The predicted octanol–water partition coefficient (Wildman–Crippen LogP) is 1.54. The number of phenolic OH excluding ortho intramolecular Hbond substituents is 1. The van der Waals surface area contributed by atoms with E-state index in [0.29, 0.717) is 25.3 Å². The average molecular weight is 283 g/mol. The van der Waals surface area contributed by atoms with Crippen molar-refractivity contribution in [1.82, 2.24) is 5.32 Å². The molecule has 1 aromatic rings. The largest absolute Gasteiger partial charge is 0.504 e. The number of nitrogens with one attached hydrogen (secondary N) is 1. The van der Waals surface area contributed by atoms with Gasteiger partial charge in [0.15, 0.2) is 11.5 Å². The highest BCUT2D eigenvalue weighted by Gasteiger charge is 2.20. The summed E-state index contributed by atoms with van der Waals surface area (Å²) >= 11 is 0. The summed E-state index contributed by atoms with van der Waals surface area (Å²) in [6.45, 7) is 3.68. The molecule has 0 aliphatic carbocycles. The number of methoxy groups -OCH3 is 1. The van der Waals surface area contributed by atoms with Crippen LogP contribution in [0, 0.1) is 0 Å². The second kappa shape index (κ2) is 8.39. The molecular weight excluding hydrogens is 262 g/mol. The monoisotopic (exact) mass is 283 g/mol. The van der Waals surface area contributed by atoms with Crippen LogP contribution in [0.5, 0.6) is 11.5 Å². The summed E-state index contributed by atoms with van der Waals surface area (Å²) in [7, 11) is 1.42. The van der Waals surface area contributed by atoms with Crippen LogP contribution in [0.25, 0.3) is 0 Å². The Bertz CT molecular complexity index is 436. The number of ether oxygens (including phenoxy) is 2. The van der Waals surface area contributed by atoms with Crippen molar-refractivity contribution in [1.29, 1.82) is 0 Å². The van der Waals surface area contributed by atoms with Crippen molar-refractivity contribution in [3.8, 4) is 11.5 Å². The van der Waals surface area contributed by atoms with E-state index in [9.17, 15) is 15.0 Å². The summed E-state index contributed by atoms with van der Waals surface area (Å²) in [5.41, 5.74) is 0.531. The van der Waals surface area contributed by atoms with Gasteiger partial charge >= 0.3 is 5.97 Å². The Morgan fingerprint density at radius 2 is 2.20 bits per heavy atom. The summed E-state index contributed by atoms with van der Waals surface area (Å²) in [6, 6.07) is 3.66. The molecule has 1 atom stereocenters. The molecule has 0 amide bonds. The Morgan fingerprint density at radius 3 is 2.80 bits per heavy atom. The fourth-order valence-electron chi connectivity index (χ4n) is 1.79. The normalized spacial score (nSPS) is 12.1. The zero-order chi connectivity index (χ0) is 15.0. The van der Waals surface area contributed by atoms with E-state index in [2.05, 4.69) is 5.32 Å². The number of carboxylic acid groups (broad SMARTS) is 1. The Balaban J connectivity index is 2.68. The number of aliphatic carboxylic acids is 1. The van der Waals surface area contributed by atoms with Gasteiger partial charge in [0, 0.05) is 13.2 Å². The molecule has 0 bridgehead atoms. The van der Waals surface area contributed by atoms with E-state index in [4.69, 9.17) is 9.47 Å². The van der Waals surface area contributed by atoms with Crippen molar-refractivity contribution < 1.29 is 24.5 Å². The first-order valence-corrected chi connectivity index (χ1v) is 6.51. The minimum Gasteiger partial charge on any atom is -0.504 e. The quantitative estimate of drug-likeness (QED) is 0.596. The number of hydrogen-bond acceptors (Lipinski definition) is 5. The third-order valence-corrected chi connectivity index (χ3v) is 2.80. The van der Waals surface area contributed by atoms with Gasteiger partial charge in [-0.25, -0.2) is 0 Å². The molecule has 0 saturated heterocycles. The third kappa shape index (κ3) is 4.71. The first kappa shape index (κ1) is 16.3. The van der Waals surface area contributed by atoms with Crippen LogP contribution in [-0.2, 0) is 9.53 Å². The van der Waals surface area contributed by atoms with Crippen LogP contribution in [0.15, 0.2) is 18.2 Å². The van der Waals surface area contributed by atoms with Crippen molar-refractivity contribution in [2.45, 2.75) is 19.4 Å². The Hall–Kier alpha value is -1.79. The molecule has 6 nitrogen and oxygen atoms in total. The van der Waals surface area contributed by atoms with Gasteiger partial charge in [0.25, 0.3) is 0 Å². The molecule has 0 spiro atoms. The van der Waals surface area contributed by atoms with E-state index >= 15 is 0 Å². The lowest BCUT2D eigenvalue weighted by atomic mass is 10.1. The SMILES string of the molecule is CCOCCCNC(C(=O)O)c1ccc(O)c(OC)c1. The molecule has 0 fully saturated rings. The van der Waals surface area contributed by atoms with Crippen LogP contribution in [0.3, 0.4) is 0 Å². The van der Waals surface area contributed by atoms with Crippen molar-refractivity contribution in [2.75, 3.05) is 26.9 Å². The smallest absolute Gasteiger partial charge is 0.325 e. The number of benzene rings is 1. The molecule has 0 saturated carbocycles. The Kier molecular flexibility index (Phi) is 6.83. The topological polar surface area (TPSA) is 88.0 Å². The van der Waals surface area contributed by atoms with Gasteiger partial charge < -0.3 is 25.0 Å². The first-order valence-electron chi connectivity index (χ1n) is 6.51. The molecule has 0 aliphatic rings. The lowest BCUT2D eigenvalue weighted by Crippen LogP contribution is -2.29. The summed E-state index contributed by atoms with van der Waals surface area (Å²) in [4.78, 5) is 11.3. The molecule has 1 unspecified atom stereocenters. The highest BCUT2D eigenvalue weighted by atomic mass is 16.5. The minimum atomic E-state index is -0.978. The van der Waals surface area contributed by atoms with Crippen LogP contribution < -0.4 is 10.1 Å². The van der Waals surface area contributed by atoms with Gasteiger partial charge in [-0.1, -0.05) is 6.07 Å². The molecule has 1 aromatic carbocycles. The molecule has 20 heavy (non-hydrogen) atoms. The van der Waals surface area contributed by atoms with E-state index in [1.165, 1.54) is 19.2 Å². The van der Waals surface area contributed by atoms with Crippen molar-refractivity contribution >= 4 is 5.97 Å². The van der Waals surface area contributed by atoms with Gasteiger partial charge in [-0.15, -0.1) is 0 Å². The zero-order valence-corrected chi connectivity index (χ0v) is 11.8. The third-order valence-electron chi connectivity index (χ3n) is 2.80. The molecule has 6 heteroatoms. The van der Waals surface area contributed by atoms with Gasteiger partial charge in [-0.3, -0.25) is 4.79 Å². The predicted molar refractivity (Wildman–Crippen MR) is 74.1 cm³/mol. The van der Waals surface area contributed by atoms with Gasteiger partial charge in [-0.05, 0) is 37.6 Å². The molecule has 0 radical (unpaired) electrons. The minimum absolute atomic E-state index is 0.0169. The van der Waals surface area contributed by atoms with Crippen molar-refractivity contribution in [2.24, 2.45) is 0 Å². The number of aromatic hydroxyl groups is 1. The summed E-state index contributed by atoms with van der Waals surface area (Å²) in [5.74, 6) is -0.740. The van der Waals surface area contributed by atoms with E-state index in [0.717, 1.165) is 6.42 Å². The molecule has 0 heterocycles. The maximum atomic E-state index is 11.3. The van der Waals surface area contributed by atoms with Gasteiger partial charge in [0.05, 0.1) is 7.11 Å². The summed E-state index contributed by atoms with van der Waals surface area (Å²) < 4.78 is 10.2. The fraction of sp³-hybridized carbons (Fsp3) is 0.500. The van der Waals surface area contributed by atoms with Crippen LogP contribution in [0.4, 0.5) is 0 Å². The maximum absolute atomic E-state index is 11.3. The summed E-state index contributed by atoms with van der Waals surface area (Å²) in [6.07, 6.45) is 0.729. The van der Waals surface area contributed by atoms with E-state index in [-0.39, 0.29) is 11.5 Å². The standard InChI is InChI=1S/C14H21NO5/c1-3-20-8-4-7-15-13(14(17)18)10-5-6-11(16)12(9-10)19-2/h5-6,9,13,15-16H,3-4,7-8H2,1-2H3,(H,17,18). The number of phenols is 1. The number of carboxylic acids is 1. The Labute approximate surface area is 118 Å². The van der Waals surface area contributed by atoms with Crippen LogP contribution in [-0.4, -0.2) is 43.1 Å². The molecule has 3 N–H and O–H groups in total. The van der Waals surface area contributed by atoms with E-state index < -0.39 is 12.0 Å². The zero-order valence-electron chi connectivity index (χ0n) is 11.8. The van der Waals surface area contributed by atoms with Crippen molar-refractivity contribution in [3.63, 3.8) is 0 Å². The summed E-state index contributed by atoms with van der Waals surface area (Å²) in [5, 5.41) is 21.7. The number of rotatable bonds is 9. The molecule has 0 aliphatic heterocycles. The van der Waals surface area contributed by atoms with Crippen LogP contribution in [0.1, 0.15) is 24.9 Å². The molecule has 0 aromatic heterocycles. The Morgan fingerprint density at radius 1 is 1.45 bits per heavy atom. The van der Waals surface area contributed by atoms with Gasteiger partial charge in [-0.2, -0.15) is 0 Å². The van der Waals surface area contributed by atoms with Crippen LogP contribution >= 0.6 is 0 Å². The molecule has 112 valence electrons. The number of hydrogen-bond donors (Lipinski definition) is 3. The van der Waals surface area contributed by atoms with Crippen LogP contribution in [0.2, 0.25) is 0 Å². The molecular formula is C14H21NO5. The van der Waals surface area contributed by atoms with E-state index in [1.807, 2.05) is 6.92 Å². The highest BCUT2D eigenvalue weighted by molar-refractivity contribution is 5.76. The highest BCUT2D eigenvalue weighted by Crippen LogP contribution is 2.29. The van der Waals surface area contributed by atoms with Crippen molar-refractivity contribution in [3.05, 3.63) is 23.8 Å². The van der Waals surface area contributed by atoms with Gasteiger partial charge in [0.1, 0.15) is 6.04 Å². The number of carbonyl (C=O) groups is 1. The second-order valence-electron chi connectivity index (χ2n) is 4.21. The molecule has 1 rings (SSSR count).